The van der Waals surface area contributed by atoms with Gasteiger partial charge < -0.3 is 15.2 Å². The molecule has 0 saturated carbocycles. The van der Waals surface area contributed by atoms with Crippen LogP contribution in [-0.2, 0) is 9.53 Å². The minimum atomic E-state index is -0.589. The van der Waals surface area contributed by atoms with Crippen LogP contribution >= 0.6 is 0 Å². The zero-order chi connectivity index (χ0) is 13.8. The Kier molecular flexibility index (Phi) is 4.73. The van der Waals surface area contributed by atoms with Crippen LogP contribution in [0.5, 0.6) is 5.75 Å². The van der Waals surface area contributed by atoms with Crippen molar-refractivity contribution in [1.29, 1.82) is 0 Å². The van der Waals surface area contributed by atoms with Crippen molar-refractivity contribution in [1.82, 2.24) is 0 Å². The first-order chi connectivity index (χ1) is 8.40. The molecule has 1 unspecified atom stereocenters. The Balaban J connectivity index is 2.75. The van der Waals surface area contributed by atoms with Gasteiger partial charge in [0.05, 0.1) is 19.6 Å². The van der Waals surface area contributed by atoms with Crippen LogP contribution < -0.4 is 10.5 Å². The summed E-state index contributed by atoms with van der Waals surface area (Å²) in [6.45, 7) is 3.67. The Hall–Kier alpha value is -1.55. The van der Waals surface area contributed by atoms with Crippen molar-refractivity contribution in [3.05, 3.63) is 29.8 Å². The Labute approximate surface area is 108 Å². The molecule has 1 rings (SSSR count). The maximum Gasteiger partial charge on any atom is 0.311 e. The van der Waals surface area contributed by atoms with E-state index >= 15 is 0 Å². The fourth-order valence-corrected chi connectivity index (χ4v) is 1.88. The summed E-state index contributed by atoms with van der Waals surface area (Å²) < 4.78 is 9.86. The van der Waals surface area contributed by atoms with E-state index in [-0.39, 0.29) is 12.0 Å². The topological polar surface area (TPSA) is 61.5 Å². The third-order valence-electron chi connectivity index (χ3n) is 3.01. The number of carbonyl (C=O) groups excluding carboxylic acids is 1. The standard InChI is InChI=1S/C14H21NO3/c1-14(2,13(16)18-4)9-12(15)10-5-7-11(17-3)8-6-10/h5-8,12H,9,15H2,1-4H3. The SMILES string of the molecule is COC(=O)C(C)(C)CC(N)c1ccc(OC)cc1. The molecule has 4 heteroatoms. The van der Waals surface area contributed by atoms with Crippen LogP contribution in [0.1, 0.15) is 31.9 Å². The third-order valence-corrected chi connectivity index (χ3v) is 3.01. The van der Waals surface area contributed by atoms with Crippen LogP contribution in [0.3, 0.4) is 0 Å². The summed E-state index contributed by atoms with van der Waals surface area (Å²) in [6.07, 6.45) is 0.534. The van der Waals surface area contributed by atoms with Gasteiger partial charge in [-0.15, -0.1) is 0 Å². The van der Waals surface area contributed by atoms with Crippen LogP contribution in [0.2, 0.25) is 0 Å². The highest BCUT2D eigenvalue weighted by Gasteiger charge is 2.31. The first-order valence-electron chi connectivity index (χ1n) is 5.88. The van der Waals surface area contributed by atoms with E-state index < -0.39 is 5.41 Å². The van der Waals surface area contributed by atoms with Crippen molar-refractivity contribution in [2.45, 2.75) is 26.3 Å². The van der Waals surface area contributed by atoms with Gasteiger partial charge in [-0.25, -0.2) is 0 Å². The van der Waals surface area contributed by atoms with Gasteiger partial charge >= 0.3 is 5.97 Å². The molecule has 0 aliphatic rings. The van der Waals surface area contributed by atoms with Crippen molar-refractivity contribution in [2.24, 2.45) is 11.1 Å². The number of benzene rings is 1. The maximum atomic E-state index is 11.6. The van der Waals surface area contributed by atoms with Gasteiger partial charge in [0.25, 0.3) is 0 Å². The first kappa shape index (κ1) is 14.5. The molecule has 18 heavy (non-hydrogen) atoms. The molecular weight excluding hydrogens is 230 g/mol. The van der Waals surface area contributed by atoms with E-state index in [1.165, 1.54) is 7.11 Å². The zero-order valence-corrected chi connectivity index (χ0v) is 11.4. The highest BCUT2D eigenvalue weighted by atomic mass is 16.5. The molecule has 0 radical (unpaired) electrons. The van der Waals surface area contributed by atoms with E-state index in [9.17, 15) is 4.79 Å². The van der Waals surface area contributed by atoms with Crippen LogP contribution in [0.4, 0.5) is 0 Å². The summed E-state index contributed by atoms with van der Waals surface area (Å²) in [5.41, 5.74) is 6.51. The summed E-state index contributed by atoms with van der Waals surface area (Å²) in [4.78, 5) is 11.6. The average Bonchev–Trinajstić information content (AvgIpc) is 2.37. The fraction of sp³-hybridized carbons (Fsp3) is 0.500. The predicted molar refractivity (Wildman–Crippen MR) is 70.3 cm³/mol. The lowest BCUT2D eigenvalue weighted by molar-refractivity contribution is -0.151. The van der Waals surface area contributed by atoms with Crippen LogP contribution in [0.25, 0.3) is 0 Å². The van der Waals surface area contributed by atoms with Crippen LogP contribution in [0.15, 0.2) is 24.3 Å². The Morgan fingerprint density at radius 1 is 1.28 bits per heavy atom. The van der Waals surface area contributed by atoms with Crippen LogP contribution in [0, 0.1) is 5.41 Å². The number of nitrogens with two attached hydrogens (primary N) is 1. The average molecular weight is 251 g/mol. The number of ether oxygens (including phenoxy) is 2. The maximum absolute atomic E-state index is 11.6. The van der Waals surface area contributed by atoms with E-state index in [1.54, 1.807) is 7.11 Å². The molecule has 2 N–H and O–H groups in total. The van der Waals surface area contributed by atoms with E-state index in [0.717, 1.165) is 11.3 Å². The predicted octanol–water partition coefficient (Wildman–Crippen LogP) is 2.28. The quantitative estimate of drug-likeness (QED) is 0.816. The van der Waals surface area contributed by atoms with Gasteiger partial charge in [-0.05, 0) is 38.0 Å². The summed E-state index contributed by atoms with van der Waals surface area (Å²) in [5, 5.41) is 0. The number of rotatable bonds is 5. The minimum absolute atomic E-state index is 0.204. The largest absolute Gasteiger partial charge is 0.497 e. The second-order valence-corrected chi connectivity index (χ2v) is 4.96. The number of methoxy groups -OCH3 is 2. The molecule has 0 fully saturated rings. The molecule has 0 spiro atoms. The van der Waals surface area contributed by atoms with Crippen molar-refractivity contribution in [2.75, 3.05) is 14.2 Å². The normalized spacial score (nSPS) is 12.9. The number of hydrogen-bond donors (Lipinski definition) is 1. The number of carbonyl (C=O) groups is 1. The molecule has 100 valence electrons. The molecule has 1 atom stereocenters. The van der Waals surface area contributed by atoms with E-state index in [2.05, 4.69) is 0 Å². The monoisotopic (exact) mass is 251 g/mol. The second-order valence-electron chi connectivity index (χ2n) is 4.96. The van der Waals surface area contributed by atoms with Gasteiger partial charge in [0.1, 0.15) is 5.75 Å². The van der Waals surface area contributed by atoms with Crippen molar-refractivity contribution >= 4 is 5.97 Å². The third kappa shape index (κ3) is 3.47. The Morgan fingerprint density at radius 3 is 2.28 bits per heavy atom. The van der Waals surface area contributed by atoms with E-state index in [4.69, 9.17) is 15.2 Å². The first-order valence-corrected chi connectivity index (χ1v) is 5.88. The van der Waals surface area contributed by atoms with Gasteiger partial charge in [0.15, 0.2) is 0 Å². The molecule has 0 aliphatic heterocycles. The summed E-state index contributed by atoms with van der Waals surface area (Å²) in [7, 11) is 3.01. The Morgan fingerprint density at radius 2 is 1.83 bits per heavy atom. The molecule has 0 heterocycles. The summed E-state index contributed by atoms with van der Waals surface area (Å²) in [5.74, 6) is 0.546. The lowest BCUT2D eigenvalue weighted by Gasteiger charge is -2.25. The molecule has 1 aromatic carbocycles. The molecule has 4 nitrogen and oxygen atoms in total. The Bertz CT molecular complexity index is 398. The van der Waals surface area contributed by atoms with Crippen molar-refractivity contribution < 1.29 is 14.3 Å². The molecule has 0 aliphatic carbocycles. The fourth-order valence-electron chi connectivity index (χ4n) is 1.88. The molecule has 0 amide bonds. The second kappa shape index (κ2) is 5.87. The van der Waals surface area contributed by atoms with Crippen molar-refractivity contribution in [3.8, 4) is 5.75 Å². The minimum Gasteiger partial charge on any atom is -0.497 e. The molecule has 0 bridgehead atoms. The van der Waals surface area contributed by atoms with Gasteiger partial charge in [-0.2, -0.15) is 0 Å². The van der Waals surface area contributed by atoms with Crippen molar-refractivity contribution in [3.63, 3.8) is 0 Å². The van der Waals surface area contributed by atoms with E-state index in [0.29, 0.717) is 6.42 Å². The van der Waals surface area contributed by atoms with Gasteiger partial charge in [0, 0.05) is 6.04 Å². The summed E-state index contributed by atoms with van der Waals surface area (Å²) >= 11 is 0. The molecular formula is C14H21NO3. The van der Waals surface area contributed by atoms with Crippen LogP contribution in [-0.4, -0.2) is 20.2 Å². The summed E-state index contributed by atoms with van der Waals surface area (Å²) in [6, 6.07) is 7.35. The highest BCUT2D eigenvalue weighted by Crippen LogP contribution is 2.30. The smallest absolute Gasteiger partial charge is 0.311 e. The van der Waals surface area contributed by atoms with Gasteiger partial charge in [-0.1, -0.05) is 12.1 Å². The van der Waals surface area contributed by atoms with Gasteiger partial charge in [-0.3, -0.25) is 4.79 Å². The lowest BCUT2D eigenvalue weighted by Crippen LogP contribution is -2.30. The lowest BCUT2D eigenvalue weighted by atomic mass is 9.84. The van der Waals surface area contributed by atoms with E-state index in [1.807, 2.05) is 38.1 Å². The molecule has 1 aromatic rings. The molecule has 0 saturated heterocycles. The van der Waals surface area contributed by atoms with Gasteiger partial charge in [0.2, 0.25) is 0 Å². The number of hydrogen-bond acceptors (Lipinski definition) is 4. The highest BCUT2D eigenvalue weighted by molar-refractivity contribution is 5.75. The zero-order valence-electron chi connectivity index (χ0n) is 11.4. The number of esters is 1. The molecule has 0 aromatic heterocycles.